The lowest BCUT2D eigenvalue weighted by molar-refractivity contribution is 0.321. The van der Waals surface area contributed by atoms with Crippen molar-refractivity contribution in [2.75, 3.05) is 0 Å². The van der Waals surface area contributed by atoms with Gasteiger partial charge in [0.15, 0.2) is 0 Å². The molecule has 3 heteroatoms. The summed E-state index contributed by atoms with van der Waals surface area (Å²) in [6, 6.07) is 5.44. The topological polar surface area (TPSA) is 52.8 Å². The summed E-state index contributed by atoms with van der Waals surface area (Å²) in [6.45, 7) is 4.12. The van der Waals surface area contributed by atoms with Gasteiger partial charge in [0.25, 0.3) is 0 Å². The molecule has 0 aliphatic heterocycles. The highest BCUT2D eigenvalue weighted by molar-refractivity contribution is 5.83. The molecular formula is C11H15NO2. The second-order valence-corrected chi connectivity index (χ2v) is 3.34. The molecule has 0 spiro atoms. The van der Waals surface area contributed by atoms with Gasteiger partial charge in [-0.05, 0) is 24.0 Å². The maximum atomic E-state index is 9.82. The second-order valence-electron chi connectivity index (χ2n) is 3.34. The molecule has 0 saturated heterocycles. The van der Waals surface area contributed by atoms with Crippen LogP contribution in [-0.4, -0.2) is 16.5 Å². The van der Waals surface area contributed by atoms with Crippen molar-refractivity contribution in [1.82, 2.24) is 0 Å². The molecule has 2 N–H and O–H groups in total. The Morgan fingerprint density at radius 3 is 2.79 bits per heavy atom. The fraction of sp³-hybridized carbons (Fsp3) is 0.364. The standard InChI is InChI=1S/C11H15NO2/c1-3-8(2)10-6-4-5-9(7-12-14)11(10)13/h4-8,13-14H,3H2,1-2H3/b12-7+. The minimum atomic E-state index is 0.208. The van der Waals surface area contributed by atoms with E-state index < -0.39 is 0 Å². The van der Waals surface area contributed by atoms with E-state index in [4.69, 9.17) is 5.21 Å². The van der Waals surface area contributed by atoms with Gasteiger partial charge >= 0.3 is 0 Å². The molecule has 3 nitrogen and oxygen atoms in total. The van der Waals surface area contributed by atoms with Gasteiger partial charge in [-0.3, -0.25) is 0 Å². The highest BCUT2D eigenvalue weighted by Gasteiger charge is 2.10. The molecule has 14 heavy (non-hydrogen) atoms. The van der Waals surface area contributed by atoms with Crippen molar-refractivity contribution in [2.24, 2.45) is 5.16 Å². The Labute approximate surface area is 83.7 Å². The van der Waals surface area contributed by atoms with Gasteiger partial charge in [0.05, 0.1) is 6.21 Å². The summed E-state index contributed by atoms with van der Waals surface area (Å²) >= 11 is 0. The Morgan fingerprint density at radius 2 is 2.21 bits per heavy atom. The Bertz CT molecular complexity index is 334. The van der Waals surface area contributed by atoms with Crippen molar-refractivity contribution in [2.45, 2.75) is 26.2 Å². The Morgan fingerprint density at radius 1 is 1.50 bits per heavy atom. The zero-order valence-electron chi connectivity index (χ0n) is 8.44. The number of phenolic OH excluding ortho intramolecular Hbond substituents is 1. The van der Waals surface area contributed by atoms with E-state index >= 15 is 0 Å². The normalized spacial score (nSPS) is 13.3. The molecule has 0 heterocycles. The molecule has 1 aromatic carbocycles. The molecule has 1 aromatic rings. The van der Waals surface area contributed by atoms with Crippen molar-refractivity contribution >= 4 is 6.21 Å². The SMILES string of the molecule is CCC(C)c1cccc(/C=N/O)c1O. The lowest BCUT2D eigenvalue weighted by Crippen LogP contribution is -1.94. The minimum absolute atomic E-state index is 0.208. The smallest absolute Gasteiger partial charge is 0.127 e. The van der Waals surface area contributed by atoms with Crippen molar-refractivity contribution in [3.8, 4) is 5.75 Å². The van der Waals surface area contributed by atoms with Gasteiger partial charge in [0.1, 0.15) is 5.75 Å². The van der Waals surface area contributed by atoms with Crippen molar-refractivity contribution in [3.05, 3.63) is 29.3 Å². The predicted octanol–water partition coefficient (Wildman–Crippen LogP) is 2.71. The first-order chi connectivity index (χ1) is 6.70. The zero-order valence-corrected chi connectivity index (χ0v) is 8.44. The first kappa shape index (κ1) is 10.6. The van der Waals surface area contributed by atoms with Crippen LogP contribution in [0.25, 0.3) is 0 Å². The molecule has 0 radical (unpaired) electrons. The lowest BCUT2D eigenvalue weighted by Gasteiger charge is -2.12. The highest BCUT2D eigenvalue weighted by atomic mass is 16.4. The second kappa shape index (κ2) is 4.65. The first-order valence-corrected chi connectivity index (χ1v) is 4.70. The first-order valence-electron chi connectivity index (χ1n) is 4.70. The maximum absolute atomic E-state index is 9.82. The van der Waals surface area contributed by atoms with Gasteiger partial charge < -0.3 is 10.3 Å². The number of oxime groups is 1. The maximum Gasteiger partial charge on any atom is 0.127 e. The van der Waals surface area contributed by atoms with Crippen molar-refractivity contribution < 1.29 is 10.3 Å². The Kier molecular flexibility index (Phi) is 3.51. The summed E-state index contributed by atoms with van der Waals surface area (Å²) in [5.74, 6) is 0.515. The molecule has 0 aromatic heterocycles. The molecule has 0 aliphatic rings. The molecule has 0 saturated carbocycles. The fourth-order valence-electron chi connectivity index (χ4n) is 1.36. The molecule has 0 fully saturated rings. The van der Waals surface area contributed by atoms with Crippen LogP contribution in [0.1, 0.15) is 37.3 Å². The molecule has 0 amide bonds. The number of para-hydroxylation sites is 1. The summed E-state index contributed by atoms with van der Waals surface area (Å²) in [5, 5.41) is 21.1. The van der Waals surface area contributed by atoms with Crippen LogP contribution in [0.5, 0.6) is 5.75 Å². The van der Waals surface area contributed by atoms with Crippen molar-refractivity contribution in [1.29, 1.82) is 0 Å². The van der Waals surface area contributed by atoms with Crippen LogP contribution >= 0.6 is 0 Å². The molecule has 1 atom stereocenters. The molecule has 1 rings (SSSR count). The monoisotopic (exact) mass is 193 g/mol. The number of hydrogen-bond acceptors (Lipinski definition) is 3. The third-order valence-corrected chi connectivity index (χ3v) is 2.44. The van der Waals surface area contributed by atoms with E-state index in [0.717, 1.165) is 12.0 Å². The van der Waals surface area contributed by atoms with Crippen LogP contribution in [0.15, 0.2) is 23.4 Å². The molecule has 1 unspecified atom stereocenters. The summed E-state index contributed by atoms with van der Waals surface area (Å²) < 4.78 is 0. The summed E-state index contributed by atoms with van der Waals surface area (Å²) in [4.78, 5) is 0. The summed E-state index contributed by atoms with van der Waals surface area (Å²) in [5.41, 5.74) is 1.44. The van der Waals surface area contributed by atoms with E-state index in [1.54, 1.807) is 6.07 Å². The van der Waals surface area contributed by atoms with E-state index in [2.05, 4.69) is 19.0 Å². The van der Waals surface area contributed by atoms with Gasteiger partial charge in [-0.1, -0.05) is 31.1 Å². The lowest BCUT2D eigenvalue weighted by atomic mass is 9.96. The largest absolute Gasteiger partial charge is 0.507 e. The van der Waals surface area contributed by atoms with E-state index in [1.807, 2.05) is 12.1 Å². The van der Waals surface area contributed by atoms with Gasteiger partial charge in [-0.2, -0.15) is 0 Å². The van der Waals surface area contributed by atoms with Crippen LogP contribution < -0.4 is 0 Å². The van der Waals surface area contributed by atoms with Crippen LogP contribution in [-0.2, 0) is 0 Å². The number of hydrogen-bond donors (Lipinski definition) is 2. The van der Waals surface area contributed by atoms with E-state index in [9.17, 15) is 5.11 Å². The molecule has 0 aliphatic carbocycles. The van der Waals surface area contributed by atoms with E-state index in [1.165, 1.54) is 6.21 Å². The fourth-order valence-corrected chi connectivity index (χ4v) is 1.36. The van der Waals surface area contributed by atoms with Crippen LogP contribution in [0, 0.1) is 0 Å². The average molecular weight is 193 g/mol. The number of benzene rings is 1. The van der Waals surface area contributed by atoms with Gasteiger partial charge in [0, 0.05) is 5.56 Å². The summed E-state index contributed by atoms with van der Waals surface area (Å²) in [7, 11) is 0. The van der Waals surface area contributed by atoms with Crippen LogP contribution in [0.4, 0.5) is 0 Å². The Balaban J connectivity index is 3.13. The highest BCUT2D eigenvalue weighted by Crippen LogP contribution is 2.29. The third-order valence-electron chi connectivity index (χ3n) is 2.44. The van der Waals surface area contributed by atoms with Gasteiger partial charge in [-0.25, -0.2) is 0 Å². The predicted molar refractivity (Wildman–Crippen MR) is 56.2 cm³/mol. The molecule has 76 valence electrons. The van der Waals surface area contributed by atoms with E-state index in [-0.39, 0.29) is 5.75 Å². The minimum Gasteiger partial charge on any atom is -0.507 e. The van der Waals surface area contributed by atoms with Gasteiger partial charge in [-0.15, -0.1) is 0 Å². The number of phenols is 1. The number of rotatable bonds is 3. The summed E-state index contributed by atoms with van der Waals surface area (Å²) in [6.07, 6.45) is 2.20. The van der Waals surface area contributed by atoms with Gasteiger partial charge in [0.2, 0.25) is 0 Å². The number of nitrogens with zero attached hydrogens (tertiary/aromatic N) is 1. The third kappa shape index (κ3) is 2.05. The van der Waals surface area contributed by atoms with Crippen LogP contribution in [0.2, 0.25) is 0 Å². The van der Waals surface area contributed by atoms with E-state index in [0.29, 0.717) is 11.5 Å². The quantitative estimate of drug-likeness (QED) is 0.440. The van der Waals surface area contributed by atoms with Crippen molar-refractivity contribution in [3.63, 3.8) is 0 Å². The average Bonchev–Trinajstić information content (AvgIpc) is 2.20. The number of aromatic hydroxyl groups is 1. The zero-order chi connectivity index (χ0) is 10.6. The molecule has 0 bridgehead atoms. The van der Waals surface area contributed by atoms with Crippen LogP contribution in [0.3, 0.4) is 0 Å². The Hall–Kier alpha value is -1.51. The molecular weight excluding hydrogens is 178 g/mol.